The van der Waals surface area contributed by atoms with Crippen LogP contribution in [0.15, 0.2) is 62.8 Å². The Hall–Kier alpha value is -3.13. The van der Waals surface area contributed by atoms with Crippen LogP contribution in [0.2, 0.25) is 0 Å². The lowest BCUT2D eigenvalue weighted by atomic mass is 10.2. The van der Waals surface area contributed by atoms with Crippen molar-refractivity contribution in [3.05, 3.63) is 54.7 Å². The minimum atomic E-state index is -0.577. The molecule has 2 amide bonds. The van der Waals surface area contributed by atoms with Gasteiger partial charge in [-0.2, -0.15) is 0 Å². The fraction of sp³-hybridized carbons (Fsp3) is 0.0588. The summed E-state index contributed by atoms with van der Waals surface area (Å²) in [6.07, 6.45) is 2.80. The molecule has 0 fully saturated rings. The zero-order chi connectivity index (χ0) is 17.2. The SMILES string of the molecule is O=C(CSc1ncnc2c1oc1ccccc12)NC(=O)c1ccco1. The molecule has 0 saturated heterocycles. The molecule has 0 bridgehead atoms. The van der Waals surface area contributed by atoms with Gasteiger partial charge in [0.15, 0.2) is 11.3 Å². The average Bonchev–Trinajstić information content (AvgIpc) is 3.28. The number of hydrogen-bond acceptors (Lipinski definition) is 7. The number of carbonyl (C=O) groups excluding carboxylic acids is 2. The van der Waals surface area contributed by atoms with Crippen molar-refractivity contribution in [2.75, 3.05) is 5.75 Å². The number of rotatable bonds is 4. The molecule has 1 aromatic carbocycles. The summed E-state index contributed by atoms with van der Waals surface area (Å²) < 4.78 is 10.7. The largest absolute Gasteiger partial charge is 0.459 e. The fourth-order valence-corrected chi connectivity index (χ4v) is 3.10. The van der Waals surface area contributed by atoms with Crippen LogP contribution in [-0.2, 0) is 4.79 Å². The monoisotopic (exact) mass is 353 g/mol. The molecule has 0 spiro atoms. The summed E-state index contributed by atoms with van der Waals surface area (Å²) >= 11 is 1.17. The van der Waals surface area contributed by atoms with Gasteiger partial charge in [-0.25, -0.2) is 9.97 Å². The van der Waals surface area contributed by atoms with Crippen molar-refractivity contribution in [1.82, 2.24) is 15.3 Å². The number of carbonyl (C=O) groups is 2. The molecule has 1 N–H and O–H groups in total. The number of nitrogens with one attached hydrogen (secondary N) is 1. The van der Waals surface area contributed by atoms with E-state index in [2.05, 4.69) is 15.3 Å². The lowest BCUT2D eigenvalue weighted by Crippen LogP contribution is -2.31. The van der Waals surface area contributed by atoms with Gasteiger partial charge in [-0.15, -0.1) is 0 Å². The van der Waals surface area contributed by atoms with Gasteiger partial charge in [0.2, 0.25) is 5.91 Å². The number of nitrogens with zero attached hydrogens (tertiary/aromatic N) is 2. The molecule has 0 atom stereocenters. The molecular weight excluding hydrogens is 342 g/mol. The number of aromatic nitrogens is 2. The first-order valence-electron chi connectivity index (χ1n) is 7.35. The second kappa shape index (κ2) is 6.40. The fourth-order valence-electron chi connectivity index (χ4n) is 2.37. The highest BCUT2D eigenvalue weighted by atomic mass is 32.2. The van der Waals surface area contributed by atoms with Crippen molar-refractivity contribution in [1.29, 1.82) is 0 Å². The quantitative estimate of drug-likeness (QED) is 0.445. The van der Waals surface area contributed by atoms with Gasteiger partial charge < -0.3 is 8.83 Å². The Kier molecular flexibility index (Phi) is 3.95. The molecule has 3 heterocycles. The van der Waals surface area contributed by atoms with E-state index in [1.165, 1.54) is 30.4 Å². The molecule has 0 saturated carbocycles. The number of thioether (sulfide) groups is 1. The van der Waals surface area contributed by atoms with Crippen LogP contribution in [0.25, 0.3) is 22.1 Å². The highest BCUT2D eigenvalue weighted by Gasteiger charge is 2.16. The maximum absolute atomic E-state index is 12.0. The van der Waals surface area contributed by atoms with Gasteiger partial charge in [-0.3, -0.25) is 14.9 Å². The van der Waals surface area contributed by atoms with E-state index in [1.807, 2.05) is 24.3 Å². The maximum atomic E-state index is 12.0. The molecule has 0 aliphatic heterocycles. The zero-order valence-electron chi connectivity index (χ0n) is 12.8. The molecule has 8 heteroatoms. The zero-order valence-corrected chi connectivity index (χ0v) is 13.6. The van der Waals surface area contributed by atoms with Crippen molar-refractivity contribution in [2.24, 2.45) is 0 Å². The van der Waals surface area contributed by atoms with Crippen LogP contribution < -0.4 is 5.32 Å². The smallest absolute Gasteiger partial charge is 0.293 e. The summed E-state index contributed by atoms with van der Waals surface area (Å²) in [6, 6.07) is 10.6. The Morgan fingerprint density at radius 2 is 2.00 bits per heavy atom. The molecule has 4 aromatic rings. The van der Waals surface area contributed by atoms with Crippen molar-refractivity contribution in [3.8, 4) is 0 Å². The van der Waals surface area contributed by atoms with Gasteiger partial charge in [0.1, 0.15) is 22.5 Å². The van der Waals surface area contributed by atoms with Crippen molar-refractivity contribution >= 4 is 45.6 Å². The summed E-state index contributed by atoms with van der Waals surface area (Å²) in [7, 11) is 0. The third-order valence-electron chi connectivity index (χ3n) is 3.46. The third-order valence-corrected chi connectivity index (χ3v) is 4.43. The Morgan fingerprint density at radius 3 is 2.84 bits per heavy atom. The van der Waals surface area contributed by atoms with Gasteiger partial charge in [0.25, 0.3) is 5.91 Å². The number of fused-ring (bicyclic) bond motifs is 3. The first-order chi connectivity index (χ1) is 12.2. The van der Waals surface area contributed by atoms with Crippen LogP contribution in [0.1, 0.15) is 10.6 Å². The molecular formula is C17H11N3O4S. The van der Waals surface area contributed by atoms with Crippen LogP contribution in [-0.4, -0.2) is 27.5 Å². The predicted octanol–water partition coefficient (Wildman–Crippen LogP) is 3.02. The lowest BCUT2D eigenvalue weighted by molar-refractivity contribution is -0.117. The number of furan rings is 2. The van der Waals surface area contributed by atoms with E-state index < -0.39 is 11.8 Å². The van der Waals surface area contributed by atoms with Gasteiger partial charge in [0, 0.05) is 5.39 Å². The van der Waals surface area contributed by atoms with Gasteiger partial charge in [-0.1, -0.05) is 23.9 Å². The standard InChI is InChI=1S/C17H11N3O4S/c21-13(20-16(22)12-6-3-7-23-12)8-25-17-15-14(18-9-19-17)10-4-1-2-5-11(10)24-15/h1-7,9H,8H2,(H,20,21,22). The van der Waals surface area contributed by atoms with E-state index in [0.29, 0.717) is 21.7 Å². The average molecular weight is 353 g/mol. The molecule has 0 unspecified atom stereocenters. The van der Waals surface area contributed by atoms with Crippen molar-refractivity contribution < 1.29 is 18.4 Å². The summed E-state index contributed by atoms with van der Waals surface area (Å²) in [6.45, 7) is 0. The number of para-hydroxylation sites is 1. The Morgan fingerprint density at radius 1 is 1.12 bits per heavy atom. The number of imide groups is 1. The van der Waals surface area contributed by atoms with E-state index >= 15 is 0 Å². The molecule has 4 rings (SSSR count). The minimum Gasteiger partial charge on any atom is -0.459 e. The predicted molar refractivity (Wildman–Crippen MR) is 91.2 cm³/mol. The summed E-state index contributed by atoms with van der Waals surface area (Å²) in [5.74, 6) is -0.934. The third kappa shape index (κ3) is 2.99. The van der Waals surface area contributed by atoms with Crippen LogP contribution in [0.4, 0.5) is 0 Å². The highest BCUT2D eigenvalue weighted by molar-refractivity contribution is 8.00. The molecule has 25 heavy (non-hydrogen) atoms. The second-order valence-electron chi connectivity index (χ2n) is 5.10. The second-order valence-corrected chi connectivity index (χ2v) is 6.06. The van der Waals surface area contributed by atoms with E-state index in [-0.39, 0.29) is 11.5 Å². The number of amides is 2. The highest BCUT2D eigenvalue weighted by Crippen LogP contribution is 2.32. The summed E-state index contributed by atoms with van der Waals surface area (Å²) in [4.78, 5) is 32.2. The Balaban J connectivity index is 1.51. The van der Waals surface area contributed by atoms with Gasteiger partial charge in [0.05, 0.1) is 12.0 Å². The first kappa shape index (κ1) is 15.4. The first-order valence-corrected chi connectivity index (χ1v) is 8.33. The van der Waals surface area contributed by atoms with E-state index in [4.69, 9.17) is 8.83 Å². The summed E-state index contributed by atoms with van der Waals surface area (Å²) in [5.41, 5.74) is 1.93. The van der Waals surface area contributed by atoms with E-state index in [9.17, 15) is 9.59 Å². The molecule has 0 radical (unpaired) electrons. The minimum absolute atomic E-state index is 0.00953. The van der Waals surface area contributed by atoms with E-state index in [1.54, 1.807) is 6.07 Å². The Bertz CT molecular complexity index is 1070. The Labute approximate surface area is 145 Å². The maximum Gasteiger partial charge on any atom is 0.293 e. The molecule has 124 valence electrons. The molecule has 0 aliphatic carbocycles. The normalized spacial score (nSPS) is 11.0. The number of hydrogen-bond donors (Lipinski definition) is 1. The number of benzene rings is 1. The lowest BCUT2D eigenvalue weighted by Gasteiger charge is -2.02. The molecule has 0 aliphatic rings. The van der Waals surface area contributed by atoms with Crippen LogP contribution in [0, 0.1) is 0 Å². The van der Waals surface area contributed by atoms with Gasteiger partial charge >= 0.3 is 0 Å². The topological polar surface area (TPSA) is 98.2 Å². The van der Waals surface area contributed by atoms with Crippen LogP contribution in [0.3, 0.4) is 0 Å². The molecule has 7 nitrogen and oxygen atoms in total. The van der Waals surface area contributed by atoms with Gasteiger partial charge in [-0.05, 0) is 24.3 Å². The van der Waals surface area contributed by atoms with E-state index in [0.717, 1.165) is 5.39 Å². The summed E-state index contributed by atoms with van der Waals surface area (Å²) in [5, 5.41) is 3.69. The van der Waals surface area contributed by atoms with Crippen molar-refractivity contribution in [2.45, 2.75) is 5.03 Å². The van der Waals surface area contributed by atoms with Crippen LogP contribution >= 0.6 is 11.8 Å². The van der Waals surface area contributed by atoms with Crippen LogP contribution in [0.5, 0.6) is 0 Å². The van der Waals surface area contributed by atoms with Crippen molar-refractivity contribution in [3.63, 3.8) is 0 Å². The molecule has 3 aromatic heterocycles.